The zero-order chi connectivity index (χ0) is 17.5. The van der Waals surface area contributed by atoms with E-state index in [0.29, 0.717) is 15.8 Å². The van der Waals surface area contributed by atoms with Crippen molar-refractivity contribution in [3.8, 4) is 0 Å². The molecule has 0 saturated carbocycles. The summed E-state index contributed by atoms with van der Waals surface area (Å²) in [7, 11) is 0.706. The number of halogens is 2. The molecule has 0 aliphatic rings. The van der Waals surface area contributed by atoms with E-state index in [2.05, 4.69) is 41.5 Å². The lowest BCUT2D eigenvalue weighted by Gasteiger charge is -2.25. The Bertz CT molecular complexity index is 224. The molecule has 0 nitrogen and oxygen atoms in total. The monoisotopic (exact) mass is 520 g/mol. The molecule has 0 aromatic carbocycles. The van der Waals surface area contributed by atoms with Gasteiger partial charge < -0.3 is 0 Å². The Balaban J connectivity index is -0.00000242. The van der Waals surface area contributed by atoms with Crippen molar-refractivity contribution in [1.82, 2.24) is 0 Å². The van der Waals surface area contributed by atoms with E-state index < -0.39 is 0 Å². The summed E-state index contributed by atoms with van der Waals surface area (Å²) in [6.45, 7) is 14.3. The molecule has 156 valence electrons. The second-order valence-corrected chi connectivity index (χ2v) is 13.8. The highest BCUT2D eigenvalue weighted by molar-refractivity contribution is 8.93. The molecule has 0 aromatic heterocycles. The van der Waals surface area contributed by atoms with Crippen molar-refractivity contribution in [2.75, 3.05) is 30.6 Å². The fraction of sp³-hybridized carbons (Fsp3) is 1.00. The van der Waals surface area contributed by atoms with Crippen molar-refractivity contribution in [3.05, 3.63) is 0 Å². The van der Waals surface area contributed by atoms with Gasteiger partial charge in [-0.05, 0) is 55.2 Å². The van der Waals surface area contributed by atoms with Gasteiger partial charge >= 0.3 is 0 Å². The zero-order valence-corrected chi connectivity index (χ0v) is 23.3. The first kappa shape index (κ1) is 31.5. The summed E-state index contributed by atoms with van der Waals surface area (Å²) in [4.78, 5) is 0. The van der Waals surface area contributed by atoms with Gasteiger partial charge in [0.1, 0.15) is 0 Å². The van der Waals surface area contributed by atoms with E-state index in [-0.39, 0.29) is 34.0 Å². The molecule has 0 rings (SSSR count). The van der Waals surface area contributed by atoms with E-state index in [1.54, 1.807) is 30.6 Å². The largest absolute Gasteiger partial charge is 0.114 e. The molecule has 2 unspecified atom stereocenters. The molecule has 0 aliphatic heterocycles. The summed E-state index contributed by atoms with van der Waals surface area (Å²) in [5.74, 6) is 3.44. The van der Waals surface area contributed by atoms with Crippen LogP contribution >= 0.6 is 49.8 Å². The van der Waals surface area contributed by atoms with Gasteiger partial charge in [0, 0.05) is 0 Å². The summed E-state index contributed by atoms with van der Waals surface area (Å²) in [6, 6.07) is 0. The Morgan fingerprint density at radius 1 is 0.560 bits per heavy atom. The summed E-state index contributed by atoms with van der Waals surface area (Å²) in [5, 5.41) is 0. The van der Waals surface area contributed by atoms with Crippen LogP contribution in [0.3, 0.4) is 0 Å². The molecular formula is C21H48Br2P2. The Morgan fingerprint density at radius 2 is 0.920 bits per heavy atom. The molecule has 0 fully saturated rings. The van der Waals surface area contributed by atoms with Gasteiger partial charge in [0.25, 0.3) is 0 Å². The third kappa shape index (κ3) is 22.0. The third-order valence-corrected chi connectivity index (χ3v) is 11.7. The smallest absolute Gasteiger partial charge is 0.0120 e. The molecule has 0 aromatic rings. The molecular weight excluding hydrogens is 474 g/mol. The summed E-state index contributed by atoms with van der Waals surface area (Å²) in [6.07, 6.45) is 17.9. The normalized spacial score (nSPS) is 13.4. The van der Waals surface area contributed by atoms with Crippen LogP contribution in [0.1, 0.15) is 92.9 Å². The predicted molar refractivity (Wildman–Crippen MR) is 137 cm³/mol. The molecule has 0 spiro atoms. The number of hydrogen-bond donors (Lipinski definition) is 0. The average Bonchev–Trinajstić information content (AvgIpc) is 2.47. The third-order valence-electron chi connectivity index (χ3n) is 4.49. The Kier molecular flexibility index (Phi) is 27.9. The second-order valence-electron chi connectivity index (χ2n) is 8.16. The van der Waals surface area contributed by atoms with Crippen molar-refractivity contribution in [2.45, 2.75) is 92.9 Å². The van der Waals surface area contributed by atoms with Crippen LogP contribution < -0.4 is 0 Å². The minimum Gasteiger partial charge on any atom is -0.114 e. The molecule has 0 N–H and O–H groups in total. The van der Waals surface area contributed by atoms with Crippen LogP contribution in [0.4, 0.5) is 0 Å². The van der Waals surface area contributed by atoms with E-state index in [1.165, 1.54) is 51.4 Å². The molecule has 0 radical (unpaired) electrons. The average molecular weight is 522 g/mol. The van der Waals surface area contributed by atoms with Crippen LogP contribution in [-0.4, -0.2) is 30.6 Å². The first-order chi connectivity index (χ1) is 11.0. The standard InChI is InChI=1S/C21H46P2.2BrH/c1-7-15-22(17-11-9-13-20(3)4)19-23(16-8-2)18-12-10-14-21(5)6;;/h20-21H,7-19H2,1-6H3;2*1H. The number of hydrogen-bond acceptors (Lipinski definition) is 0. The highest BCUT2D eigenvalue weighted by atomic mass is 79.9. The lowest BCUT2D eigenvalue weighted by atomic mass is 10.1. The first-order valence-corrected chi connectivity index (χ1v) is 14.2. The van der Waals surface area contributed by atoms with Gasteiger partial charge in [-0.25, -0.2) is 0 Å². The predicted octanol–water partition coefficient (Wildman–Crippen LogP) is 9.54. The van der Waals surface area contributed by atoms with E-state index in [1.807, 2.05) is 0 Å². The van der Waals surface area contributed by atoms with E-state index in [9.17, 15) is 0 Å². The van der Waals surface area contributed by atoms with Crippen molar-refractivity contribution in [1.29, 1.82) is 0 Å². The molecule has 0 amide bonds. The first-order valence-electron chi connectivity index (χ1n) is 10.4. The van der Waals surface area contributed by atoms with Gasteiger partial charge in [-0.15, -0.1) is 49.8 Å². The quantitative estimate of drug-likeness (QED) is 0.140. The van der Waals surface area contributed by atoms with Gasteiger partial charge in [-0.2, -0.15) is 0 Å². The molecule has 25 heavy (non-hydrogen) atoms. The maximum Gasteiger partial charge on any atom is -0.0120 e. The molecule has 0 saturated heterocycles. The highest BCUT2D eigenvalue weighted by Crippen LogP contribution is 2.52. The van der Waals surface area contributed by atoms with Crippen molar-refractivity contribution < 1.29 is 0 Å². The fourth-order valence-electron chi connectivity index (χ4n) is 3.20. The molecule has 0 aliphatic carbocycles. The minimum absolute atomic E-state index is 0. The Labute approximate surface area is 184 Å². The zero-order valence-electron chi connectivity index (χ0n) is 18.1. The van der Waals surface area contributed by atoms with Crippen LogP contribution in [0.5, 0.6) is 0 Å². The maximum absolute atomic E-state index is 2.40. The Hall–Kier alpha value is 1.82. The molecule has 0 bridgehead atoms. The van der Waals surface area contributed by atoms with Gasteiger partial charge in [0.05, 0.1) is 0 Å². The molecule has 0 heterocycles. The highest BCUT2D eigenvalue weighted by Gasteiger charge is 2.14. The van der Waals surface area contributed by atoms with Gasteiger partial charge in [-0.1, -0.05) is 80.1 Å². The van der Waals surface area contributed by atoms with E-state index in [4.69, 9.17) is 0 Å². The van der Waals surface area contributed by atoms with Crippen LogP contribution in [-0.2, 0) is 0 Å². The second kappa shape index (κ2) is 22.1. The number of rotatable bonds is 16. The van der Waals surface area contributed by atoms with Crippen molar-refractivity contribution in [3.63, 3.8) is 0 Å². The lowest BCUT2D eigenvalue weighted by molar-refractivity contribution is 0.551. The molecule has 2 atom stereocenters. The lowest BCUT2D eigenvalue weighted by Crippen LogP contribution is -2.00. The van der Waals surface area contributed by atoms with Crippen LogP contribution in [0.25, 0.3) is 0 Å². The van der Waals surface area contributed by atoms with Crippen LogP contribution in [0.2, 0.25) is 0 Å². The van der Waals surface area contributed by atoms with E-state index in [0.717, 1.165) is 11.8 Å². The Morgan fingerprint density at radius 3 is 1.20 bits per heavy atom. The van der Waals surface area contributed by atoms with Gasteiger partial charge in [-0.3, -0.25) is 0 Å². The number of unbranched alkanes of at least 4 members (excludes halogenated alkanes) is 2. The maximum atomic E-state index is 2.40. The van der Waals surface area contributed by atoms with E-state index >= 15 is 0 Å². The molecule has 4 heteroatoms. The van der Waals surface area contributed by atoms with Gasteiger partial charge in [0.15, 0.2) is 0 Å². The topological polar surface area (TPSA) is 0 Å². The fourth-order valence-corrected chi connectivity index (χ4v) is 10.8. The van der Waals surface area contributed by atoms with Crippen LogP contribution in [0, 0.1) is 11.8 Å². The van der Waals surface area contributed by atoms with Crippen molar-refractivity contribution in [2.24, 2.45) is 11.8 Å². The van der Waals surface area contributed by atoms with Crippen LogP contribution in [0.15, 0.2) is 0 Å². The SMILES string of the molecule is Br.Br.CCCP(CCCCC(C)C)CP(CCC)CCCCC(C)C. The van der Waals surface area contributed by atoms with Crippen molar-refractivity contribution >= 4 is 49.8 Å². The summed E-state index contributed by atoms with van der Waals surface area (Å²) >= 11 is 0. The summed E-state index contributed by atoms with van der Waals surface area (Å²) < 4.78 is 0. The minimum atomic E-state index is 0. The van der Waals surface area contributed by atoms with Gasteiger partial charge in [0.2, 0.25) is 0 Å². The summed E-state index contributed by atoms with van der Waals surface area (Å²) in [5.41, 5.74) is 0.